The molecule has 8 heteroatoms. The highest BCUT2D eigenvalue weighted by Gasteiger charge is 2.15. The molecule has 2 aromatic rings. The lowest BCUT2D eigenvalue weighted by molar-refractivity contribution is 0.245. The second kappa shape index (κ2) is 8.83. The molecule has 26 heavy (non-hydrogen) atoms. The van der Waals surface area contributed by atoms with Gasteiger partial charge in [0.1, 0.15) is 11.5 Å². The SMILES string of the molecule is O=S(=O)(NCCN1CCNCC1)c1ccc(Oc2ccccc2Cl)cc1. The molecular weight excluding hydrogens is 374 g/mol. The minimum absolute atomic E-state index is 0.212. The standard InChI is InChI=1S/C18H22ClN3O3S/c19-17-3-1-2-4-18(17)25-15-5-7-16(8-6-15)26(23,24)21-11-14-22-12-9-20-10-13-22/h1-8,20-21H,9-14H2. The zero-order valence-corrected chi connectivity index (χ0v) is 15.9. The first-order valence-electron chi connectivity index (χ1n) is 8.50. The monoisotopic (exact) mass is 395 g/mol. The van der Waals surface area contributed by atoms with E-state index in [1.807, 2.05) is 12.1 Å². The van der Waals surface area contributed by atoms with Crippen LogP contribution in [0.2, 0.25) is 5.02 Å². The molecule has 1 saturated heterocycles. The predicted molar refractivity (Wildman–Crippen MR) is 102 cm³/mol. The van der Waals surface area contributed by atoms with Crippen molar-refractivity contribution >= 4 is 21.6 Å². The molecule has 6 nitrogen and oxygen atoms in total. The molecule has 0 unspecified atom stereocenters. The summed E-state index contributed by atoms with van der Waals surface area (Å²) in [4.78, 5) is 2.45. The van der Waals surface area contributed by atoms with E-state index in [4.69, 9.17) is 16.3 Å². The number of para-hydroxylation sites is 1. The lowest BCUT2D eigenvalue weighted by atomic mass is 10.3. The van der Waals surface area contributed by atoms with Crippen molar-refractivity contribution in [3.63, 3.8) is 0 Å². The molecule has 0 bridgehead atoms. The zero-order chi connectivity index (χ0) is 18.4. The Morgan fingerprint density at radius 2 is 1.77 bits per heavy atom. The van der Waals surface area contributed by atoms with E-state index in [0.29, 0.717) is 29.6 Å². The van der Waals surface area contributed by atoms with Gasteiger partial charge in [-0.2, -0.15) is 0 Å². The molecule has 0 atom stereocenters. The second-order valence-electron chi connectivity index (χ2n) is 5.99. The van der Waals surface area contributed by atoms with Crippen molar-refractivity contribution < 1.29 is 13.2 Å². The molecule has 2 N–H and O–H groups in total. The van der Waals surface area contributed by atoms with Gasteiger partial charge >= 0.3 is 0 Å². The van der Waals surface area contributed by atoms with Crippen LogP contribution in [0.4, 0.5) is 0 Å². The lowest BCUT2D eigenvalue weighted by Crippen LogP contribution is -2.46. The first kappa shape index (κ1) is 19.1. The minimum Gasteiger partial charge on any atom is -0.456 e. The van der Waals surface area contributed by atoms with Gasteiger partial charge in [-0.15, -0.1) is 0 Å². The third-order valence-corrected chi connectivity index (χ3v) is 5.92. The molecule has 1 aliphatic heterocycles. The Morgan fingerprint density at radius 1 is 1.08 bits per heavy atom. The number of hydrogen-bond acceptors (Lipinski definition) is 5. The number of halogens is 1. The molecule has 0 radical (unpaired) electrons. The van der Waals surface area contributed by atoms with Crippen LogP contribution in [0.15, 0.2) is 53.4 Å². The normalized spacial score (nSPS) is 15.7. The quantitative estimate of drug-likeness (QED) is 0.752. The Bertz CT molecular complexity index is 822. The van der Waals surface area contributed by atoms with Crippen LogP contribution in [0.1, 0.15) is 0 Å². The van der Waals surface area contributed by atoms with Crippen molar-refractivity contribution in [3.05, 3.63) is 53.6 Å². The maximum atomic E-state index is 12.4. The Morgan fingerprint density at radius 3 is 2.46 bits per heavy atom. The molecule has 1 aliphatic rings. The molecule has 1 heterocycles. The predicted octanol–water partition coefficient (Wildman–Crippen LogP) is 2.32. The van der Waals surface area contributed by atoms with Gasteiger partial charge in [0.15, 0.2) is 0 Å². The zero-order valence-electron chi connectivity index (χ0n) is 14.3. The molecule has 2 aromatic carbocycles. The smallest absolute Gasteiger partial charge is 0.240 e. The van der Waals surface area contributed by atoms with Crippen LogP contribution in [0.5, 0.6) is 11.5 Å². The first-order chi connectivity index (χ1) is 12.5. The Labute approximate surface area is 159 Å². The molecule has 0 saturated carbocycles. The molecular formula is C18H22ClN3O3S. The summed E-state index contributed by atoms with van der Waals surface area (Å²) in [6.45, 7) is 4.86. The summed E-state index contributed by atoms with van der Waals surface area (Å²) in [5, 5.41) is 3.77. The largest absolute Gasteiger partial charge is 0.456 e. The van der Waals surface area contributed by atoms with Crippen LogP contribution >= 0.6 is 11.6 Å². The average molecular weight is 396 g/mol. The van der Waals surface area contributed by atoms with E-state index in [1.54, 1.807) is 24.3 Å². The Balaban J connectivity index is 1.57. The highest BCUT2D eigenvalue weighted by molar-refractivity contribution is 7.89. The van der Waals surface area contributed by atoms with Crippen molar-refractivity contribution in [3.8, 4) is 11.5 Å². The first-order valence-corrected chi connectivity index (χ1v) is 10.4. The van der Waals surface area contributed by atoms with E-state index in [9.17, 15) is 8.42 Å². The van der Waals surface area contributed by atoms with Crippen molar-refractivity contribution in [2.75, 3.05) is 39.3 Å². The Hall–Kier alpha value is -1.64. The van der Waals surface area contributed by atoms with Crippen LogP contribution in [-0.2, 0) is 10.0 Å². The molecule has 3 rings (SSSR count). The van der Waals surface area contributed by atoms with Crippen LogP contribution in [0.3, 0.4) is 0 Å². The average Bonchev–Trinajstić information content (AvgIpc) is 2.65. The molecule has 0 amide bonds. The molecule has 0 aliphatic carbocycles. The summed E-state index contributed by atoms with van der Waals surface area (Å²) in [5.41, 5.74) is 0. The fraction of sp³-hybridized carbons (Fsp3) is 0.333. The van der Waals surface area contributed by atoms with Gasteiger partial charge in [-0.05, 0) is 36.4 Å². The van der Waals surface area contributed by atoms with E-state index < -0.39 is 10.0 Å². The van der Waals surface area contributed by atoms with Gasteiger partial charge in [-0.1, -0.05) is 23.7 Å². The number of rotatable bonds is 7. The van der Waals surface area contributed by atoms with E-state index in [-0.39, 0.29) is 4.90 Å². The molecule has 0 aromatic heterocycles. The van der Waals surface area contributed by atoms with Gasteiger partial charge in [0.25, 0.3) is 0 Å². The lowest BCUT2D eigenvalue weighted by Gasteiger charge is -2.27. The topological polar surface area (TPSA) is 70.7 Å². The number of sulfonamides is 1. The third kappa shape index (κ3) is 5.18. The summed E-state index contributed by atoms with van der Waals surface area (Å²) >= 11 is 6.06. The van der Waals surface area contributed by atoms with Crippen molar-refractivity contribution in [2.45, 2.75) is 4.90 Å². The summed E-state index contributed by atoms with van der Waals surface area (Å²) in [6, 6.07) is 13.4. The number of hydrogen-bond donors (Lipinski definition) is 2. The summed E-state index contributed by atoms with van der Waals surface area (Å²) in [7, 11) is -3.53. The van der Waals surface area contributed by atoms with Crippen molar-refractivity contribution in [1.82, 2.24) is 14.9 Å². The van der Waals surface area contributed by atoms with Gasteiger partial charge in [-0.25, -0.2) is 13.1 Å². The molecule has 0 spiro atoms. The fourth-order valence-corrected chi connectivity index (χ4v) is 3.89. The molecule has 1 fully saturated rings. The van der Waals surface area contributed by atoms with E-state index in [2.05, 4.69) is 14.9 Å². The van der Waals surface area contributed by atoms with Crippen molar-refractivity contribution in [2.24, 2.45) is 0 Å². The third-order valence-electron chi connectivity index (χ3n) is 4.13. The minimum atomic E-state index is -3.53. The van der Waals surface area contributed by atoms with Crippen LogP contribution in [0.25, 0.3) is 0 Å². The number of ether oxygens (including phenoxy) is 1. The summed E-state index contributed by atoms with van der Waals surface area (Å²) in [5.74, 6) is 1.05. The summed E-state index contributed by atoms with van der Waals surface area (Å²) < 4.78 is 33.1. The number of nitrogens with zero attached hydrogens (tertiary/aromatic N) is 1. The van der Waals surface area contributed by atoms with Crippen LogP contribution in [-0.4, -0.2) is 52.6 Å². The summed E-state index contributed by atoms with van der Waals surface area (Å²) in [6.07, 6.45) is 0. The highest BCUT2D eigenvalue weighted by atomic mass is 35.5. The number of piperazine rings is 1. The van der Waals surface area contributed by atoms with Gasteiger partial charge in [0.2, 0.25) is 10.0 Å². The van der Waals surface area contributed by atoms with Crippen LogP contribution < -0.4 is 14.8 Å². The Kier molecular flexibility index (Phi) is 6.50. The maximum absolute atomic E-state index is 12.4. The van der Waals surface area contributed by atoms with Gasteiger partial charge in [-0.3, -0.25) is 4.90 Å². The fourth-order valence-electron chi connectivity index (χ4n) is 2.70. The van der Waals surface area contributed by atoms with Gasteiger partial charge in [0, 0.05) is 39.3 Å². The highest BCUT2D eigenvalue weighted by Crippen LogP contribution is 2.29. The van der Waals surface area contributed by atoms with Crippen molar-refractivity contribution in [1.29, 1.82) is 0 Å². The maximum Gasteiger partial charge on any atom is 0.240 e. The van der Waals surface area contributed by atoms with Crippen LogP contribution in [0, 0.1) is 0 Å². The van der Waals surface area contributed by atoms with E-state index in [1.165, 1.54) is 12.1 Å². The number of benzene rings is 2. The van der Waals surface area contributed by atoms with E-state index in [0.717, 1.165) is 26.2 Å². The van der Waals surface area contributed by atoms with Gasteiger partial charge < -0.3 is 10.1 Å². The number of nitrogens with one attached hydrogen (secondary N) is 2. The second-order valence-corrected chi connectivity index (χ2v) is 8.17. The molecule has 140 valence electrons. The van der Waals surface area contributed by atoms with Gasteiger partial charge in [0.05, 0.1) is 9.92 Å². The van der Waals surface area contributed by atoms with E-state index >= 15 is 0 Å².